The molecule has 0 unspecified atom stereocenters. The van der Waals surface area contributed by atoms with Gasteiger partial charge in [0.2, 0.25) is 0 Å². The molecule has 0 saturated heterocycles. The third-order valence-electron chi connectivity index (χ3n) is 1.60. The van der Waals surface area contributed by atoms with E-state index < -0.39 is 0 Å². The molecule has 1 aromatic rings. The lowest BCUT2D eigenvalue weighted by Gasteiger charge is -2.05. The van der Waals surface area contributed by atoms with Gasteiger partial charge in [0, 0.05) is 5.56 Å². The Morgan fingerprint density at radius 3 is 3.00 bits per heavy atom. The quantitative estimate of drug-likeness (QED) is 0.458. The summed E-state index contributed by atoms with van der Waals surface area (Å²) < 4.78 is 5.41. The summed E-state index contributed by atoms with van der Waals surface area (Å²) in [7, 11) is 0. The first-order valence-electron chi connectivity index (χ1n) is 4.54. The first-order chi connectivity index (χ1) is 7.24. The number of benzene rings is 1. The Kier molecular flexibility index (Phi) is 4.56. The number of nitrogens with two attached hydrogens (primary N) is 1. The number of ether oxygens (including phenoxy) is 1. The van der Waals surface area contributed by atoms with E-state index >= 15 is 0 Å². The number of hydrazone groups is 1. The Morgan fingerprint density at radius 1 is 1.60 bits per heavy atom. The van der Waals surface area contributed by atoms with Crippen LogP contribution in [0.25, 0.3) is 0 Å². The molecule has 5 heteroatoms. The molecular formula is C10H13N3OS. The van der Waals surface area contributed by atoms with Crippen molar-refractivity contribution in [1.29, 1.82) is 0 Å². The average Bonchev–Trinajstić information content (AvgIpc) is 2.20. The van der Waals surface area contributed by atoms with Crippen molar-refractivity contribution in [1.82, 2.24) is 5.43 Å². The van der Waals surface area contributed by atoms with Crippen LogP contribution >= 0.6 is 12.2 Å². The molecule has 0 aromatic heterocycles. The van der Waals surface area contributed by atoms with Crippen LogP contribution in [0.1, 0.15) is 12.5 Å². The molecular weight excluding hydrogens is 210 g/mol. The maximum absolute atomic E-state index is 5.41. The fraction of sp³-hybridized carbons (Fsp3) is 0.200. The molecule has 3 N–H and O–H groups in total. The third kappa shape index (κ3) is 3.95. The molecule has 0 amide bonds. The summed E-state index contributed by atoms with van der Waals surface area (Å²) in [6, 6.07) is 7.59. The van der Waals surface area contributed by atoms with Gasteiger partial charge in [0.25, 0.3) is 0 Å². The Balaban J connectivity index is 2.74. The number of thiocarbonyl (C=S) groups is 1. The Hall–Kier alpha value is -1.62. The molecule has 0 spiro atoms. The summed E-state index contributed by atoms with van der Waals surface area (Å²) in [6.07, 6.45) is 1.62. The van der Waals surface area contributed by atoms with Gasteiger partial charge in [-0.1, -0.05) is 12.1 Å². The Bertz CT molecular complexity index is 365. The van der Waals surface area contributed by atoms with Crippen LogP contribution in [0, 0.1) is 0 Å². The van der Waals surface area contributed by atoms with Crippen LogP contribution in [0.4, 0.5) is 0 Å². The van der Waals surface area contributed by atoms with Crippen LogP contribution in [-0.2, 0) is 0 Å². The van der Waals surface area contributed by atoms with Gasteiger partial charge in [-0.05, 0) is 31.3 Å². The molecule has 0 atom stereocenters. The highest BCUT2D eigenvalue weighted by Crippen LogP contribution is 2.15. The smallest absolute Gasteiger partial charge is 0.184 e. The fourth-order valence-electron chi connectivity index (χ4n) is 1.04. The van der Waals surface area contributed by atoms with Crippen molar-refractivity contribution in [2.75, 3.05) is 6.61 Å². The van der Waals surface area contributed by atoms with E-state index in [0.717, 1.165) is 11.3 Å². The molecule has 0 heterocycles. The van der Waals surface area contributed by atoms with Crippen molar-refractivity contribution >= 4 is 23.5 Å². The second kappa shape index (κ2) is 5.98. The highest BCUT2D eigenvalue weighted by molar-refractivity contribution is 7.80. The number of rotatable bonds is 4. The van der Waals surface area contributed by atoms with E-state index in [2.05, 4.69) is 22.7 Å². The second-order valence-electron chi connectivity index (χ2n) is 2.71. The summed E-state index contributed by atoms with van der Waals surface area (Å²) in [5.74, 6) is 0.786. The lowest BCUT2D eigenvalue weighted by Crippen LogP contribution is -2.24. The first kappa shape index (κ1) is 11.5. The molecule has 0 aliphatic rings. The summed E-state index contributed by atoms with van der Waals surface area (Å²) in [5, 5.41) is 4.00. The molecule has 0 aliphatic carbocycles. The largest absolute Gasteiger partial charge is 0.493 e. The molecule has 0 aliphatic heterocycles. The number of hydrogen-bond acceptors (Lipinski definition) is 3. The van der Waals surface area contributed by atoms with E-state index in [1.165, 1.54) is 0 Å². The first-order valence-corrected chi connectivity index (χ1v) is 4.95. The number of hydrogen-bond donors (Lipinski definition) is 2. The van der Waals surface area contributed by atoms with Gasteiger partial charge in [-0.15, -0.1) is 0 Å². The maximum Gasteiger partial charge on any atom is 0.184 e. The predicted molar refractivity (Wildman–Crippen MR) is 65.1 cm³/mol. The molecule has 80 valence electrons. The summed E-state index contributed by atoms with van der Waals surface area (Å²) >= 11 is 4.62. The number of nitrogens with one attached hydrogen (secondary N) is 1. The zero-order valence-electron chi connectivity index (χ0n) is 8.43. The van der Waals surface area contributed by atoms with Crippen molar-refractivity contribution in [3.05, 3.63) is 29.8 Å². The normalized spacial score (nSPS) is 10.2. The highest BCUT2D eigenvalue weighted by Gasteiger charge is 1.98. The minimum Gasteiger partial charge on any atom is -0.493 e. The van der Waals surface area contributed by atoms with Gasteiger partial charge >= 0.3 is 0 Å². The molecule has 0 fully saturated rings. The summed E-state index contributed by atoms with van der Waals surface area (Å²) in [6.45, 7) is 2.55. The average molecular weight is 223 g/mol. The van der Waals surface area contributed by atoms with Crippen LogP contribution < -0.4 is 15.9 Å². The molecule has 15 heavy (non-hydrogen) atoms. The zero-order valence-corrected chi connectivity index (χ0v) is 9.25. The third-order valence-corrected chi connectivity index (χ3v) is 1.69. The summed E-state index contributed by atoms with van der Waals surface area (Å²) in [5.41, 5.74) is 8.59. The van der Waals surface area contributed by atoms with E-state index in [-0.39, 0.29) is 5.11 Å². The van der Waals surface area contributed by atoms with Crippen molar-refractivity contribution < 1.29 is 4.74 Å². The molecule has 1 rings (SSSR count). The molecule has 0 radical (unpaired) electrons. The predicted octanol–water partition coefficient (Wildman–Crippen LogP) is 1.25. The van der Waals surface area contributed by atoms with Crippen molar-refractivity contribution in [2.45, 2.75) is 6.92 Å². The van der Waals surface area contributed by atoms with E-state index in [1.54, 1.807) is 6.21 Å². The SMILES string of the molecule is CCOc1ccccc1/C=N\NC(N)=S. The van der Waals surface area contributed by atoms with Gasteiger partial charge in [0.05, 0.1) is 12.8 Å². The van der Waals surface area contributed by atoms with Crippen molar-refractivity contribution in [3.63, 3.8) is 0 Å². The molecule has 4 nitrogen and oxygen atoms in total. The highest BCUT2D eigenvalue weighted by atomic mass is 32.1. The second-order valence-corrected chi connectivity index (χ2v) is 3.14. The molecule has 0 saturated carbocycles. The van der Waals surface area contributed by atoms with Crippen LogP contribution in [0.2, 0.25) is 0 Å². The van der Waals surface area contributed by atoms with Crippen LogP contribution in [0.5, 0.6) is 5.75 Å². The van der Waals surface area contributed by atoms with Crippen LogP contribution in [0.3, 0.4) is 0 Å². The van der Waals surface area contributed by atoms with Gasteiger partial charge < -0.3 is 10.5 Å². The number of nitrogens with zero attached hydrogens (tertiary/aromatic N) is 1. The van der Waals surface area contributed by atoms with E-state index in [0.29, 0.717) is 6.61 Å². The number of para-hydroxylation sites is 1. The van der Waals surface area contributed by atoms with Crippen LogP contribution in [0.15, 0.2) is 29.4 Å². The Morgan fingerprint density at radius 2 is 2.33 bits per heavy atom. The van der Waals surface area contributed by atoms with Gasteiger partial charge in [-0.2, -0.15) is 5.10 Å². The lowest BCUT2D eigenvalue weighted by atomic mass is 10.2. The van der Waals surface area contributed by atoms with Gasteiger partial charge in [0.15, 0.2) is 5.11 Å². The van der Waals surface area contributed by atoms with Gasteiger partial charge in [0.1, 0.15) is 5.75 Å². The van der Waals surface area contributed by atoms with Crippen molar-refractivity contribution in [3.8, 4) is 5.75 Å². The topological polar surface area (TPSA) is 59.6 Å². The minimum atomic E-state index is 0.139. The van der Waals surface area contributed by atoms with E-state index in [9.17, 15) is 0 Å². The maximum atomic E-state index is 5.41. The summed E-state index contributed by atoms with van der Waals surface area (Å²) in [4.78, 5) is 0. The monoisotopic (exact) mass is 223 g/mol. The van der Waals surface area contributed by atoms with Crippen LogP contribution in [-0.4, -0.2) is 17.9 Å². The van der Waals surface area contributed by atoms with Crippen molar-refractivity contribution in [2.24, 2.45) is 10.8 Å². The fourth-order valence-corrected chi connectivity index (χ4v) is 1.09. The lowest BCUT2D eigenvalue weighted by molar-refractivity contribution is 0.340. The van der Waals surface area contributed by atoms with Gasteiger partial charge in [-0.3, -0.25) is 5.43 Å². The molecule has 0 bridgehead atoms. The van der Waals surface area contributed by atoms with E-state index in [4.69, 9.17) is 10.5 Å². The van der Waals surface area contributed by atoms with E-state index in [1.807, 2.05) is 31.2 Å². The van der Waals surface area contributed by atoms with Gasteiger partial charge in [-0.25, -0.2) is 0 Å². The standard InChI is InChI=1S/C10H13N3OS/c1-2-14-9-6-4-3-5-8(9)7-12-13-10(11)15/h3-7H,2H2,1H3,(H3,11,13,15)/b12-7-. The Labute approximate surface area is 94.1 Å². The molecule has 1 aromatic carbocycles. The minimum absolute atomic E-state index is 0.139. The zero-order chi connectivity index (χ0) is 11.1.